The van der Waals surface area contributed by atoms with Crippen LogP contribution in [0.5, 0.6) is 0 Å². The Morgan fingerprint density at radius 1 is 0.755 bits per heavy atom. The van der Waals surface area contributed by atoms with E-state index in [-0.39, 0.29) is 30.0 Å². The zero-order valence-corrected chi connectivity index (χ0v) is 30.1. The molecule has 53 heavy (non-hydrogen) atoms. The van der Waals surface area contributed by atoms with Gasteiger partial charge in [-0.15, -0.1) is 10.2 Å². The summed E-state index contributed by atoms with van der Waals surface area (Å²) in [5.41, 5.74) is 13.3. The molecular weight excluding hydrogens is 680 g/mol. The summed E-state index contributed by atoms with van der Waals surface area (Å²) in [6.45, 7) is 2.40. The lowest BCUT2D eigenvalue weighted by atomic mass is 9.91. The molecule has 0 spiro atoms. The van der Waals surface area contributed by atoms with Crippen molar-refractivity contribution >= 4 is 34.7 Å². The smallest absolute Gasteiger partial charge is 0.227 e. The first-order valence-electron chi connectivity index (χ1n) is 19.2. The maximum absolute atomic E-state index is 11.2. The van der Waals surface area contributed by atoms with Crippen molar-refractivity contribution in [3.8, 4) is 0 Å². The second-order valence-electron chi connectivity index (χ2n) is 15.1. The molecule has 0 aromatic carbocycles. The predicted octanol–water partition coefficient (Wildman–Crippen LogP) is 1.81. The third-order valence-corrected chi connectivity index (χ3v) is 11.2. The third kappa shape index (κ3) is 7.98. The molecule has 4 aromatic rings. The number of nitrogens with one attached hydrogen (secondary N) is 4. The number of aliphatic hydroxyl groups is 2. The van der Waals surface area contributed by atoms with Crippen molar-refractivity contribution in [2.24, 2.45) is 11.5 Å². The van der Waals surface area contributed by atoms with Crippen molar-refractivity contribution in [3.63, 3.8) is 0 Å². The molecule has 3 aliphatic carbocycles. The lowest BCUT2D eigenvalue weighted by molar-refractivity contribution is -0.0384. The summed E-state index contributed by atoms with van der Waals surface area (Å²) in [6, 6.07) is 3.40. The van der Waals surface area contributed by atoms with Gasteiger partial charge >= 0.3 is 0 Å². The van der Waals surface area contributed by atoms with E-state index < -0.39 is 24.5 Å². The van der Waals surface area contributed by atoms with E-state index in [1.807, 2.05) is 13.0 Å². The molecule has 1 saturated heterocycles. The third-order valence-electron chi connectivity index (χ3n) is 11.2. The summed E-state index contributed by atoms with van der Waals surface area (Å²) in [7, 11) is 0. The first-order valence-corrected chi connectivity index (χ1v) is 19.2. The zero-order chi connectivity index (χ0) is 36.5. The van der Waals surface area contributed by atoms with Gasteiger partial charge in [0.1, 0.15) is 18.0 Å². The van der Waals surface area contributed by atoms with E-state index in [1.54, 1.807) is 17.1 Å². The maximum atomic E-state index is 11.2. The van der Waals surface area contributed by atoms with E-state index in [1.165, 1.54) is 4.80 Å². The molecule has 4 aliphatic rings. The highest BCUT2D eigenvalue weighted by atomic mass is 16.6. The van der Waals surface area contributed by atoms with Crippen LogP contribution in [0.1, 0.15) is 102 Å². The van der Waals surface area contributed by atoms with Crippen LogP contribution in [-0.2, 0) is 11.3 Å². The Kier molecular flexibility index (Phi) is 10.5. The van der Waals surface area contributed by atoms with E-state index in [0.717, 1.165) is 82.9 Å². The van der Waals surface area contributed by atoms with Gasteiger partial charge in [0.05, 0.1) is 12.9 Å². The van der Waals surface area contributed by atoms with E-state index >= 15 is 0 Å². The minimum Gasteiger partial charge on any atom is -0.387 e. The number of aromatic nitrogens is 10. The molecule has 19 heteroatoms. The van der Waals surface area contributed by atoms with Crippen molar-refractivity contribution < 1.29 is 14.9 Å². The first kappa shape index (κ1) is 35.7. The predicted molar refractivity (Wildman–Crippen MR) is 197 cm³/mol. The van der Waals surface area contributed by atoms with Crippen LogP contribution in [0, 0.1) is 0 Å². The Morgan fingerprint density at radius 2 is 1.38 bits per heavy atom. The number of hydrogen-bond donors (Lipinski definition) is 8. The van der Waals surface area contributed by atoms with E-state index in [4.69, 9.17) is 36.1 Å². The molecule has 0 radical (unpaired) electrons. The SMILES string of the molecule is CCn1nnc([C@H]2O[C@@H](n3cnc4c(NC5CCC(Nc6ccnc(NC7CCC(N)CC7)n6)CC5)nc(NC5CCC(N)CC5)nc43)[C@@H](O)[C@H]2O)n1. The highest BCUT2D eigenvalue weighted by Crippen LogP contribution is 2.39. The van der Waals surface area contributed by atoms with Crippen LogP contribution in [0.25, 0.3) is 11.2 Å². The van der Waals surface area contributed by atoms with E-state index in [2.05, 4.69) is 41.7 Å². The van der Waals surface area contributed by atoms with Gasteiger partial charge in [-0.3, -0.25) is 4.57 Å². The van der Waals surface area contributed by atoms with Crippen molar-refractivity contribution in [3.05, 3.63) is 24.4 Å². The van der Waals surface area contributed by atoms with Gasteiger partial charge in [-0.25, -0.2) is 9.97 Å². The number of fused-ring (bicyclic) bond motifs is 1. The largest absolute Gasteiger partial charge is 0.387 e. The molecule has 5 heterocycles. The fraction of sp³-hybridized carbons (Fsp3) is 0.706. The number of tetrazole rings is 1. The van der Waals surface area contributed by atoms with E-state index in [0.29, 0.717) is 47.5 Å². The highest BCUT2D eigenvalue weighted by Gasteiger charge is 2.47. The summed E-state index contributed by atoms with van der Waals surface area (Å²) in [6.07, 6.45) is 10.4. The number of hydrogen-bond acceptors (Lipinski definition) is 17. The molecule has 1 aliphatic heterocycles. The number of rotatable bonds is 11. The van der Waals surface area contributed by atoms with Gasteiger partial charge in [0.15, 0.2) is 29.3 Å². The second-order valence-corrected chi connectivity index (χ2v) is 15.1. The molecule has 286 valence electrons. The number of nitrogens with two attached hydrogens (primary N) is 2. The minimum absolute atomic E-state index is 0.156. The van der Waals surface area contributed by atoms with Crippen molar-refractivity contribution in [1.29, 1.82) is 0 Å². The molecule has 0 bridgehead atoms. The molecular formula is C34H52N16O3. The van der Waals surface area contributed by atoms with Gasteiger partial charge in [-0.1, -0.05) is 0 Å². The standard InChI is InChI=1S/C34H52N16O3/c1-2-50-47-30(46-48-50)28-26(51)27(52)32(53-28)49-17-38-25-29(44-34(45-31(25)49)42-23-9-5-19(36)6-10-23)40-21-13-11-20(12-14-21)39-24-15-16-37-33(43-24)41-22-7-3-18(35)4-8-22/h15-23,26-28,32,51-52H,2-14,35-36H2,1H3,(H2,37,39,41,43)(H2,40,42,44,45)/t18?,19?,20?,21?,22?,23?,26-,27+,28+,32-/m1/s1. The van der Waals surface area contributed by atoms with Crippen LogP contribution in [-0.4, -0.2) is 108 Å². The van der Waals surface area contributed by atoms with Gasteiger partial charge in [-0.05, 0) is 95.3 Å². The van der Waals surface area contributed by atoms with Crippen LogP contribution >= 0.6 is 0 Å². The average molecular weight is 733 g/mol. The minimum atomic E-state index is -1.29. The zero-order valence-electron chi connectivity index (χ0n) is 30.1. The number of aryl methyl sites for hydroxylation is 1. The summed E-state index contributed by atoms with van der Waals surface area (Å²) >= 11 is 0. The fourth-order valence-corrected chi connectivity index (χ4v) is 8.06. The Hall–Kier alpha value is -4.30. The van der Waals surface area contributed by atoms with Crippen LogP contribution in [0.2, 0.25) is 0 Å². The van der Waals surface area contributed by atoms with Crippen LogP contribution < -0.4 is 32.7 Å². The summed E-state index contributed by atoms with van der Waals surface area (Å²) in [4.78, 5) is 25.1. The van der Waals surface area contributed by atoms with Gasteiger partial charge < -0.3 is 47.7 Å². The molecule has 0 unspecified atom stereocenters. The van der Waals surface area contributed by atoms with Crippen LogP contribution in [0.3, 0.4) is 0 Å². The maximum Gasteiger partial charge on any atom is 0.227 e. The monoisotopic (exact) mass is 732 g/mol. The lowest BCUT2D eigenvalue weighted by Crippen LogP contribution is -2.34. The average Bonchev–Trinajstić information content (AvgIpc) is 3.89. The molecule has 4 aromatic heterocycles. The van der Waals surface area contributed by atoms with Crippen molar-refractivity contribution in [2.75, 3.05) is 21.3 Å². The Morgan fingerprint density at radius 3 is 2.04 bits per heavy atom. The van der Waals surface area contributed by atoms with Gasteiger partial charge in [-0.2, -0.15) is 19.7 Å². The van der Waals surface area contributed by atoms with E-state index in [9.17, 15) is 10.2 Å². The van der Waals surface area contributed by atoms with Gasteiger partial charge in [0.2, 0.25) is 17.7 Å². The molecule has 0 amide bonds. The second kappa shape index (κ2) is 15.6. The van der Waals surface area contributed by atoms with Gasteiger partial charge in [0, 0.05) is 42.4 Å². The lowest BCUT2D eigenvalue weighted by Gasteiger charge is -2.31. The first-order chi connectivity index (χ1) is 25.8. The molecule has 4 fully saturated rings. The number of imidazole rings is 1. The quantitative estimate of drug-likeness (QED) is 0.109. The topological polar surface area (TPSA) is 263 Å². The summed E-state index contributed by atoms with van der Waals surface area (Å²) in [5.74, 6) is 2.74. The van der Waals surface area contributed by atoms with Crippen LogP contribution in [0.15, 0.2) is 18.6 Å². The molecule has 4 atom stereocenters. The molecule has 3 saturated carbocycles. The molecule has 19 nitrogen and oxygen atoms in total. The summed E-state index contributed by atoms with van der Waals surface area (Å²) in [5, 5.41) is 48.8. The summed E-state index contributed by atoms with van der Waals surface area (Å²) < 4.78 is 7.84. The number of anilines is 4. The Labute approximate surface area is 307 Å². The molecule has 8 rings (SSSR count). The van der Waals surface area contributed by atoms with Gasteiger partial charge in [0.25, 0.3) is 0 Å². The molecule has 10 N–H and O–H groups in total. The Balaban J connectivity index is 0.965. The highest BCUT2D eigenvalue weighted by molar-refractivity contribution is 5.84. The van der Waals surface area contributed by atoms with Crippen molar-refractivity contribution in [1.82, 2.24) is 49.7 Å². The fourth-order valence-electron chi connectivity index (χ4n) is 8.06. The number of ether oxygens (including phenoxy) is 1. The normalized spacial score (nSPS) is 32.1. The Bertz CT molecular complexity index is 1810. The van der Waals surface area contributed by atoms with Crippen molar-refractivity contribution in [2.45, 2.75) is 151 Å². The number of nitrogens with zero attached hydrogens (tertiary/aromatic N) is 10. The number of aliphatic hydroxyl groups excluding tert-OH is 2. The van der Waals surface area contributed by atoms with Crippen LogP contribution in [0.4, 0.5) is 23.5 Å².